The van der Waals surface area contributed by atoms with Crippen LogP contribution in [0.1, 0.15) is 46.0 Å². The minimum atomic E-state index is 0.288. The molecule has 1 heteroatoms. The highest BCUT2D eigenvalue weighted by Gasteiger charge is 2.33. The number of ketones is 1. The zero-order chi connectivity index (χ0) is 9.19. The highest BCUT2D eigenvalue weighted by molar-refractivity contribution is 5.81. The molecule has 0 heterocycles. The minimum absolute atomic E-state index is 0.288. The average molecular weight is 166 g/mol. The van der Waals surface area contributed by atoms with Gasteiger partial charge in [-0.2, -0.15) is 0 Å². The molecule has 0 amide bonds. The van der Waals surface area contributed by atoms with Gasteiger partial charge < -0.3 is 0 Å². The molecule has 0 bridgehead atoms. The third-order valence-corrected chi connectivity index (χ3v) is 2.79. The Labute approximate surface area is 74.9 Å². The van der Waals surface area contributed by atoms with Gasteiger partial charge in [0.2, 0.25) is 0 Å². The second-order valence-corrected chi connectivity index (χ2v) is 4.48. The molecule has 0 aromatic carbocycles. The predicted molar refractivity (Wildman–Crippen MR) is 51.0 cm³/mol. The summed E-state index contributed by atoms with van der Waals surface area (Å²) in [6.07, 6.45) is 4.88. The van der Waals surface area contributed by atoms with Crippen molar-refractivity contribution in [2.24, 2.45) is 5.41 Å². The van der Waals surface area contributed by atoms with E-state index in [2.05, 4.69) is 20.4 Å². The number of allylic oxidation sites excluding steroid dienone is 1. The molecule has 68 valence electrons. The first-order chi connectivity index (χ1) is 5.52. The Hall–Kier alpha value is -0.590. The molecule has 0 aromatic heterocycles. The van der Waals surface area contributed by atoms with E-state index >= 15 is 0 Å². The van der Waals surface area contributed by atoms with Gasteiger partial charge in [-0.25, -0.2) is 0 Å². The van der Waals surface area contributed by atoms with Gasteiger partial charge in [0.05, 0.1) is 0 Å². The quantitative estimate of drug-likeness (QED) is 0.589. The van der Waals surface area contributed by atoms with Crippen molar-refractivity contribution in [3.63, 3.8) is 0 Å². The van der Waals surface area contributed by atoms with Crippen molar-refractivity contribution in [3.8, 4) is 0 Å². The van der Waals surface area contributed by atoms with E-state index in [0.717, 1.165) is 32.1 Å². The molecule has 0 aromatic rings. The Morgan fingerprint density at radius 1 is 1.67 bits per heavy atom. The molecule has 0 aliphatic heterocycles. The van der Waals surface area contributed by atoms with Crippen LogP contribution in [0.25, 0.3) is 0 Å². The van der Waals surface area contributed by atoms with Gasteiger partial charge in [0.15, 0.2) is 0 Å². The predicted octanol–water partition coefficient (Wildman–Crippen LogP) is 3.10. The molecule has 1 nitrogen and oxygen atoms in total. The van der Waals surface area contributed by atoms with Gasteiger partial charge in [-0.15, -0.1) is 6.58 Å². The molecule has 0 saturated heterocycles. The highest BCUT2D eigenvalue weighted by atomic mass is 16.1. The third kappa shape index (κ3) is 2.47. The van der Waals surface area contributed by atoms with Gasteiger partial charge in [-0.05, 0) is 31.6 Å². The largest absolute Gasteiger partial charge is 0.300 e. The van der Waals surface area contributed by atoms with E-state index < -0.39 is 0 Å². The van der Waals surface area contributed by atoms with Crippen molar-refractivity contribution >= 4 is 5.78 Å². The second-order valence-electron chi connectivity index (χ2n) is 4.48. The van der Waals surface area contributed by atoms with Crippen LogP contribution in [-0.4, -0.2) is 5.78 Å². The average Bonchev–Trinajstić information content (AvgIpc) is 2.29. The van der Waals surface area contributed by atoms with Crippen LogP contribution in [0.15, 0.2) is 12.2 Å². The van der Waals surface area contributed by atoms with Crippen LogP contribution in [0.3, 0.4) is 0 Å². The zero-order valence-corrected chi connectivity index (χ0v) is 8.15. The Bertz CT molecular complexity index is 205. The minimum Gasteiger partial charge on any atom is -0.300 e. The summed E-state index contributed by atoms with van der Waals surface area (Å²) in [6, 6.07) is 0. The lowest BCUT2D eigenvalue weighted by atomic mass is 9.83. The topological polar surface area (TPSA) is 17.1 Å². The summed E-state index contributed by atoms with van der Waals surface area (Å²) >= 11 is 0. The maximum absolute atomic E-state index is 11.1. The molecule has 12 heavy (non-hydrogen) atoms. The molecule has 1 rings (SSSR count). The molecule has 0 unspecified atom stereocenters. The Balaban J connectivity index is 2.40. The van der Waals surface area contributed by atoms with Gasteiger partial charge in [0, 0.05) is 12.8 Å². The number of hydrogen-bond acceptors (Lipinski definition) is 1. The number of rotatable bonds is 3. The van der Waals surface area contributed by atoms with Gasteiger partial charge in [0.25, 0.3) is 0 Å². The van der Waals surface area contributed by atoms with E-state index in [1.54, 1.807) is 0 Å². The maximum Gasteiger partial charge on any atom is 0.133 e. The number of carbonyl (C=O) groups is 1. The Morgan fingerprint density at radius 2 is 2.33 bits per heavy atom. The second kappa shape index (κ2) is 3.42. The lowest BCUT2D eigenvalue weighted by Gasteiger charge is -2.21. The first-order valence-electron chi connectivity index (χ1n) is 4.68. The maximum atomic E-state index is 11.1. The number of Topliss-reactive ketones (excluding diaryl/α,β-unsaturated/α-hetero) is 1. The summed E-state index contributed by atoms with van der Waals surface area (Å²) in [5.41, 5.74) is 1.52. The molecule has 1 fully saturated rings. The van der Waals surface area contributed by atoms with Crippen LogP contribution >= 0.6 is 0 Å². The van der Waals surface area contributed by atoms with Crippen molar-refractivity contribution < 1.29 is 4.79 Å². The fourth-order valence-electron chi connectivity index (χ4n) is 1.82. The lowest BCUT2D eigenvalue weighted by Crippen LogP contribution is -2.11. The van der Waals surface area contributed by atoms with Gasteiger partial charge in [-0.3, -0.25) is 4.79 Å². The van der Waals surface area contributed by atoms with Crippen LogP contribution in [-0.2, 0) is 4.79 Å². The summed E-state index contributed by atoms with van der Waals surface area (Å²) in [6.45, 7) is 8.16. The molecule has 0 N–H and O–H groups in total. The van der Waals surface area contributed by atoms with E-state index in [1.165, 1.54) is 5.57 Å². The van der Waals surface area contributed by atoms with Crippen LogP contribution in [0.4, 0.5) is 0 Å². The van der Waals surface area contributed by atoms with Crippen molar-refractivity contribution in [1.29, 1.82) is 0 Å². The molecular weight excluding hydrogens is 148 g/mol. The molecule has 1 aliphatic carbocycles. The van der Waals surface area contributed by atoms with Crippen LogP contribution in [0, 0.1) is 5.41 Å². The SMILES string of the molecule is C=C(C)CC[C@@]1(C)CCC(=O)C1. The van der Waals surface area contributed by atoms with Gasteiger partial charge in [-0.1, -0.05) is 12.5 Å². The monoisotopic (exact) mass is 166 g/mol. The molecular formula is C11H18O. The fraction of sp³-hybridized carbons (Fsp3) is 0.727. The first kappa shape index (κ1) is 9.50. The molecule has 1 saturated carbocycles. The fourth-order valence-corrected chi connectivity index (χ4v) is 1.82. The van der Waals surface area contributed by atoms with Crippen LogP contribution in [0.5, 0.6) is 0 Å². The van der Waals surface area contributed by atoms with Crippen LogP contribution in [0.2, 0.25) is 0 Å². The molecule has 1 aliphatic rings. The summed E-state index contributed by atoms with van der Waals surface area (Å²) in [7, 11) is 0. The lowest BCUT2D eigenvalue weighted by molar-refractivity contribution is -0.118. The first-order valence-corrected chi connectivity index (χ1v) is 4.68. The van der Waals surface area contributed by atoms with E-state index in [9.17, 15) is 4.79 Å². The van der Waals surface area contributed by atoms with E-state index in [0.29, 0.717) is 5.78 Å². The molecule has 1 atom stereocenters. The summed E-state index contributed by atoms with van der Waals surface area (Å²) in [5, 5.41) is 0. The normalized spacial score (nSPS) is 29.3. The van der Waals surface area contributed by atoms with Gasteiger partial charge in [0.1, 0.15) is 5.78 Å². The standard InChI is InChI=1S/C11H18O/c1-9(2)4-6-11(3)7-5-10(12)8-11/h1,4-8H2,2-3H3/t11-/m0/s1. The third-order valence-electron chi connectivity index (χ3n) is 2.79. The zero-order valence-electron chi connectivity index (χ0n) is 8.15. The summed E-state index contributed by atoms with van der Waals surface area (Å²) in [5.74, 6) is 0.444. The van der Waals surface area contributed by atoms with E-state index in [1.807, 2.05) is 0 Å². The van der Waals surface area contributed by atoms with Crippen molar-refractivity contribution in [2.45, 2.75) is 46.0 Å². The van der Waals surface area contributed by atoms with Crippen LogP contribution < -0.4 is 0 Å². The number of carbonyl (C=O) groups excluding carboxylic acids is 1. The highest BCUT2D eigenvalue weighted by Crippen LogP contribution is 2.39. The van der Waals surface area contributed by atoms with E-state index in [-0.39, 0.29) is 5.41 Å². The summed E-state index contributed by atoms with van der Waals surface area (Å²) in [4.78, 5) is 11.1. The van der Waals surface area contributed by atoms with Crippen molar-refractivity contribution in [3.05, 3.63) is 12.2 Å². The summed E-state index contributed by atoms with van der Waals surface area (Å²) < 4.78 is 0. The Kier molecular flexibility index (Phi) is 2.71. The van der Waals surface area contributed by atoms with Crippen molar-refractivity contribution in [1.82, 2.24) is 0 Å². The number of hydrogen-bond donors (Lipinski definition) is 0. The molecule has 0 spiro atoms. The Morgan fingerprint density at radius 3 is 2.75 bits per heavy atom. The van der Waals surface area contributed by atoms with Gasteiger partial charge >= 0.3 is 0 Å². The smallest absolute Gasteiger partial charge is 0.133 e. The molecule has 0 radical (unpaired) electrons. The van der Waals surface area contributed by atoms with E-state index in [4.69, 9.17) is 0 Å². The van der Waals surface area contributed by atoms with Crippen molar-refractivity contribution in [2.75, 3.05) is 0 Å².